The third-order valence-corrected chi connectivity index (χ3v) is 4.13. The quantitative estimate of drug-likeness (QED) is 0.658. The Bertz CT molecular complexity index is 267. The minimum absolute atomic E-state index is 0.107. The van der Waals surface area contributed by atoms with E-state index < -0.39 is 0 Å². The smallest absolute Gasteiger partial charge is 0.0608 e. The number of nitrogens with two attached hydrogens (primary N) is 1. The fourth-order valence-electron chi connectivity index (χ4n) is 1.55. The number of alkyl halides is 1. The van der Waals surface area contributed by atoms with Crippen LogP contribution in [0.25, 0.3) is 0 Å². The third kappa shape index (κ3) is 2.81. The predicted octanol–water partition coefficient (Wildman–Crippen LogP) is 3.73. The van der Waals surface area contributed by atoms with E-state index in [1.165, 1.54) is 5.56 Å². The molecule has 80 valence electrons. The maximum atomic E-state index is 5.76. The Balaban J connectivity index is 2.74. The molecule has 0 fully saturated rings. The molecule has 2 unspecified atom stereocenters. The van der Waals surface area contributed by atoms with E-state index in [0.29, 0.717) is 5.92 Å². The molecule has 2 atom stereocenters. The summed E-state index contributed by atoms with van der Waals surface area (Å²) in [5.41, 5.74) is 7.40. The molecule has 1 aromatic heterocycles. The van der Waals surface area contributed by atoms with Crippen molar-refractivity contribution >= 4 is 27.3 Å². The number of thiophene rings is 1. The highest BCUT2D eigenvalue weighted by atomic mass is 79.9. The van der Waals surface area contributed by atoms with Gasteiger partial charge in [0.25, 0.3) is 0 Å². The van der Waals surface area contributed by atoms with Gasteiger partial charge in [-0.15, -0.1) is 0 Å². The summed E-state index contributed by atoms with van der Waals surface area (Å²) in [6.45, 7) is 6.84. The van der Waals surface area contributed by atoms with Gasteiger partial charge in [-0.25, -0.2) is 0 Å². The summed E-state index contributed by atoms with van der Waals surface area (Å²) in [4.78, 5) is 0.107. The van der Waals surface area contributed by atoms with Gasteiger partial charge in [0.1, 0.15) is 0 Å². The zero-order valence-corrected chi connectivity index (χ0v) is 11.4. The summed E-state index contributed by atoms with van der Waals surface area (Å²) in [5.74, 6) is 0.575. The fraction of sp³-hybridized carbons (Fsp3) is 0.636. The fourth-order valence-corrected chi connectivity index (χ4v) is 2.94. The van der Waals surface area contributed by atoms with Crippen molar-refractivity contribution in [3.63, 3.8) is 0 Å². The van der Waals surface area contributed by atoms with Gasteiger partial charge < -0.3 is 5.73 Å². The molecule has 0 aliphatic rings. The van der Waals surface area contributed by atoms with E-state index in [2.05, 4.69) is 53.5 Å². The van der Waals surface area contributed by atoms with Gasteiger partial charge in [-0.3, -0.25) is 0 Å². The van der Waals surface area contributed by atoms with Gasteiger partial charge in [-0.05, 0) is 40.1 Å². The van der Waals surface area contributed by atoms with Crippen molar-refractivity contribution in [2.24, 2.45) is 11.7 Å². The standard InChI is InChI=1S/C11H18BrNS/c1-8(6-10(12)13)11(2,3)9-4-5-14-7-9/h4-5,7-8,10H,6,13H2,1-3H3. The minimum Gasteiger partial charge on any atom is -0.319 e. The second kappa shape index (κ2) is 4.77. The maximum absolute atomic E-state index is 5.76. The lowest BCUT2D eigenvalue weighted by molar-refractivity contribution is 0.324. The van der Waals surface area contributed by atoms with Crippen LogP contribution in [0.3, 0.4) is 0 Å². The molecule has 1 nitrogen and oxygen atoms in total. The van der Waals surface area contributed by atoms with Gasteiger partial charge in [0.15, 0.2) is 0 Å². The second-order valence-electron chi connectivity index (χ2n) is 4.39. The predicted molar refractivity (Wildman–Crippen MR) is 68.0 cm³/mol. The van der Waals surface area contributed by atoms with E-state index in [-0.39, 0.29) is 10.4 Å². The molecule has 0 amide bonds. The van der Waals surface area contributed by atoms with Crippen LogP contribution in [0.2, 0.25) is 0 Å². The average Bonchev–Trinajstić information content (AvgIpc) is 2.54. The molecule has 0 aromatic carbocycles. The Hall–Kier alpha value is 0.140. The molecule has 0 saturated heterocycles. The lowest BCUT2D eigenvalue weighted by Gasteiger charge is -2.32. The van der Waals surface area contributed by atoms with Crippen molar-refractivity contribution in [3.05, 3.63) is 22.4 Å². The van der Waals surface area contributed by atoms with Crippen LogP contribution in [0.15, 0.2) is 16.8 Å². The van der Waals surface area contributed by atoms with Gasteiger partial charge in [0.05, 0.1) is 4.95 Å². The van der Waals surface area contributed by atoms with E-state index in [9.17, 15) is 0 Å². The van der Waals surface area contributed by atoms with Gasteiger partial charge >= 0.3 is 0 Å². The van der Waals surface area contributed by atoms with Gasteiger partial charge in [0.2, 0.25) is 0 Å². The molecular weight excluding hydrogens is 258 g/mol. The Labute approximate surface area is 98.8 Å². The maximum Gasteiger partial charge on any atom is 0.0608 e. The molecule has 1 aromatic rings. The Morgan fingerprint density at radius 3 is 2.64 bits per heavy atom. The van der Waals surface area contributed by atoms with Crippen LogP contribution in [0.4, 0.5) is 0 Å². The van der Waals surface area contributed by atoms with E-state index in [4.69, 9.17) is 5.73 Å². The van der Waals surface area contributed by atoms with Gasteiger partial charge in [-0.2, -0.15) is 11.3 Å². The molecule has 14 heavy (non-hydrogen) atoms. The number of halogens is 1. The first-order valence-electron chi connectivity index (χ1n) is 4.87. The summed E-state index contributed by atoms with van der Waals surface area (Å²) in [6.07, 6.45) is 1.00. The molecule has 3 heteroatoms. The van der Waals surface area contributed by atoms with E-state index in [0.717, 1.165) is 6.42 Å². The lowest BCUT2D eigenvalue weighted by Crippen LogP contribution is -2.30. The van der Waals surface area contributed by atoms with Gasteiger partial charge in [-0.1, -0.05) is 36.7 Å². The van der Waals surface area contributed by atoms with Crippen LogP contribution in [0.1, 0.15) is 32.8 Å². The molecule has 0 aliphatic carbocycles. The molecule has 2 N–H and O–H groups in total. The highest BCUT2D eigenvalue weighted by molar-refractivity contribution is 9.09. The number of hydrogen-bond acceptors (Lipinski definition) is 2. The highest BCUT2D eigenvalue weighted by Gasteiger charge is 2.28. The lowest BCUT2D eigenvalue weighted by atomic mass is 9.74. The summed E-state index contributed by atoms with van der Waals surface area (Å²) in [5, 5.41) is 4.37. The van der Waals surface area contributed by atoms with Crippen molar-refractivity contribution in [2.45, 2.75) is 37.6 Å². The molecule has 1 heterocycles. The van der Waals surface area contributed by atoms with Crippen LogP contribution in [-0.2, 0) is 5.41 Å². The zero-order valence-electron chi connectivity index (χ0n) is 8.96. The van der Waals surface area contributed by atoms with Crippen molar-refractivity contribution < 1.29 is 0 Å². The normalized spacial score (nSPS) is 16.6. The number of rotatable bonds is 4. The first-order chi connectivity index (χ1) is 6.44. The first kappa shape index (κ1) is 12.2. The Kier molecular flexibility index (Phi) is 4.16. The largest absolute Gasteiger partial charge is 0.319 e. The van der Waals surface area contributed by atoms with Crippen molar-refractivity contribution in [2.75, 3.05) is 0 Å². The molecule has 0 spiro atoms. The summed E-state index contributed by atoms with van der Waals surface area (Å²) >= 11 is 5.17. The van der Waals surface area contributed by atoms with Crippen molar-refractivity contribution in [1.29, 1.82) is 0 Å². The summed E-state index contributed by atoms with van der Waals surface area (Å²) in [7, 11) is 0. The van der Waals surface area contributed by atoms with Crippen LogP contribution >= 0.6 is 27.3 Å². The molecule has 1 rings (SSSR count). The number of hydrogen-bond donors (Lipinski definition) is 1. The first-order valence-corrected chi connectivity index (χ1v) is 6.72. The second-order valence-corrected chi connectivity index (χ2v) is 6.34. The average molecular weight is 276 g/mol. The van der Waals surface area contributed by atoms with Crippen molar-refractivity contribution in [3.8, 4) is 0 Å². The van der Waals surface area contributed by atoms with E-state index in [1.54, 1.807) is 11.3 Å². The molecule has 0 bridgehead atoms. The van der Waals surface area contributed by atoms with Gasteiger partial charge in [0, 0.05) is 0 Å². The van der Waals surface area contributed by atoms with E-state index >= 15 is 0 Å². The monoisotopic (exact) mass is 275 g/mol. The van der Waals surface area contributed by atoms with Crippen LogP contribution in [-0.4, -0.2) is 4.95 Å². The molecule has 0 saturated carbocycles. The Morgan fingerprint density at radius 1 is 1.57 bits per heavy atom. The zero-order chi connectivity index (χ0) is 10.8. The third-order valence-electron chi connectivity index (χ3n) is 3.08. The van der Waals surface area contributed by atoms with Crippen molar-refractivity contribution in [1.82, 2.24) is 0 Å². The van der Waals surface area contributed by atoms with Crippen LogP contribution < -0.4 is 5.73 Å². The molecule has 0 radical (unpaired) electrons. The highest BCUT2D eigenvalue weighted by Crippen LogP contribution is 2.35. The SMILES string of the molecule is CC(CC(N)Br)C(C)(C)c1ccsc1. The molecule has 0 aliphatic heterocycles. The minimum atomic E-state index is 0.107. The van der Waals surface area contributed by atoms with E-state index in [1.807, 2.05) is 0 Å². The Morgan fingerprint density at radius 2 is 2.21 bits per heavy atom. The molecular formula is C11H18BrNS. The summed E-state index contributed by atoms with van der Waals surface area (Å²) in [6, 6.07) is 2.21. The summed E-state index contributed by atoms with van der Waals surface area (Å²) < 4.78 is 0. The topological polar surface area (TPSA) is 26.0 Å². The van der Waals surface area contributed by atoms with Crippen LogP contribution in [0, 0.1) is 5.92 Å². The van der Waals surface area contributed by atoms with Crippen LogP contribution in [0.5, 0.6) is 0 Å².